The Bertz CT molecular complexity index is 741. The van der Waals surface area contributed by atoms with Gasteiger partial charge in [0.05, 0.1) is 6.54 Å². The number of hydrogen-bond acceptors (Lipinski definition) is 5. The molecule has 0 aromatic carbocycles. The maximum absolute atomic E-state index is 12.3. The minimum absolute atomic E-state index is 0. The van der Waals surface area contributed by atoms with Crippen molar-refractivity contribution in [2.75, 3.05) is 26.2 Å². The van der Waals surface area contributed by atoms with Gasteiger partial charge in [0.2, 0.25) is 0 Å². The highest BCUT2D eigenvalue weighted by molar-refractivity contribution is 5.85. The number of fused-ring (bicyclic) bond motifs is 5. The molecule has 0 aromatic rings. The van der Waals surface area contributed by atoms with Gasteiger partial charge in [-0.15, -0.1) is 12.4 Å². The van der Waals surface area contributed by atoms with Crippen LogP contribution in [0.4, 0.5) is 0 Å². The Morgan fingerprint density at radius 1 is 0.971 bits per heavy atom. The summed E-state index contributed by atoms with van der Waals surface area (Å²) in [5, 5.41) is 17.7. The Kier molecular flexibility index (Phi) is 10.2. The lowest BCUT2D eigenvalue weighted by Gasteiger charge is -2.60. The van der Waals surface area contributed by atoms with Crippen LogP contribution in [-0.2, 0) is 14.4 Å². The van der Waals surface area contributed by atoms with E-state index >= 15 is 0 Å². The van der Waals surface area contributed by atoms with Gasteiger partial charge in [-0.05, 0) is 92.5 Å². The molecule has 1 unspecified atom stereocenters. The maximum atomic E-state index is 12.3. The van der Waals surface area contributed by atoms with E-state index in [1.54, 1.807) is 0 Å². The molecule has 34 heavy (non-hydrogen) atoms. The van der Waals surface area contributed by atoms with E-state index in [1.165, 1.54) is 19.3 Å². The number of rotatable bonds is 6. The first-order valence-corrected chi connectivity index (χ1v) is 13.2. The smallest absolute Gasteiger partial charge is 0.317 e. The molecule has 0 amide bonds. The van der Waals surface area contributed by atoms with Crippen LogP contribution in [0.25, 0.3) is 0 Å². The van der Waals surface area contributed by atoms with Crippen molar-refractivity contribution in [2.45, 2.75) is 85.5 Å². The zero-order valence-corrected chi connectivity index (χ0v) is 22.4. The molecule has 4 aliphatic carbocycles. The summed E-state index contributed by atoms with van der Waals surface area (Å²) < 4.78 is 0. The normalized spacial score (nSPS) is 38.5. The molecule has 0 spiro atoms. The predicted molar refractivity (Wildman–Crippen MR) is 135 cm³/mol. The highest BCUT2D eigenvalue weighted by Gasteiger charge is 2.61. The number of nitrogens with zero attached hydrogens (tertiary/aromatic N) is 1. The van der Waals surface area contributed by atoms with Crippen molar-refractivity contribution < 1.29 is 24.6 Å². The molecule has 4 saturated carbocycles. The molecular weight excluding hydrogens is 454 g/mol. The zero-order valence-electron chi connectivity index (χ0n) is 21.6. The van der Waals surface area contributed by atoms with Crippen molar-refractivity contribution >= 4 is 29.9 Å². The van der Waals surface area contributed by atoms with Crippen molar-refractivity contribution in [1.82, 2.24) is 4.90 Å². The Morgan fingerprint density at radius 2 is 1.62 bits per heavy atom. The molecule has 0 bridgehead atoms. The first-order chi connectivity index (χ1) is 15.6. The van der Waals surface area contributed by atoms with Gasteiger partial charge in [0, 0.05) is 18.8 Å². The van der Waals surface area contributed by atoms with Gasteiger partial charge in [0.1, 0.15) is 12.4 Å². The number of halogens is 1. The van der Waals surface area contributed by atoms with Crippen LogP contribution in [0.1, 0.15) is 85.5 Å². The zero-order chi connectivity index (χ0) is 24.4. The number of likely N-dealkylation sites (N-methyl/N-ethyl adjacent to an activating group) is 1. The van der Waals surface area contributed by atoms with Crippen LogP contribution in [0.3, 0.4) is 0 Å². The summed E-state index contributed by atoms with van der Waals surface area (Å²) in [7, 11) is 0. The number of carboxylic acids is 1. The van der Waals surface area contributed by atoms with Gasteiger partial charge in [-0.2, -0.15) is 0 Å². The Morgan fingerprint density at radius 3 is 2.18 bits per heavy atom. The Hall–Kier alpha value is -0.980. The lowest BCUT2D eigenvalue weighted by atomic mass is 9.44. The molecular formula is C27H46ClNO5. The SMILES string of the molecule is CCN(CC)CC(=O)O.C[C@]12CC[C@H]3[C@@H](CCC4CC(=O)CC[C@@]43C)[C@@H]1CC[C@@H]2C(=O)CO.Cl. The number of hydrogen-bond donors (Lipinski definition) is 2. The monoisotopic (exact) mass is 499 g/mol. The van der Waals surface area contributed by atoms with Gasteiger partial charge in [-0.3, -0.25) is 19.3 Å². The summed E-state index contributed by atoms with van der Waals surface area (Å²) >= 11 is 0. The van der Waals surface area contributed by atoms with E-state index < -0.39 is 5.97 Å². The third kappa shape index (κ3) is 5.54. The van der Waals surface area contributed by atoms with E-state index in [9.17, 15) is 19.5 Å². The third-order valence-corrected chi connectivity index (χ3v) is 10.3. The topological polar surface area (TPSA) is 94.9 Å². The molecule has 4 rings (SSSR count). The van der Waals surface area contributed by atoms with E-state index in [2.05, 4.69) is 13.8 Å². The number of carbonyl (C=O) groups excluding carboxylic acids is 2. The molecule has 6 nitrogen and oxygen atoms in total. The molecule has 196 valence electrons. The molecule has 0 heterocycles. The largest absolute Gasteiger partial charge is 0.480 e. The molecule has 0 aromatic heterocycles. The number of ketones is 2. The van der Waals surface area contributed by atoms with Crippen molar-refractivity contribution in [3.05, 3.63) is 0 Å². The minimum atomic E-state index is -0.751. The summed E-state index contributed by atoms with van der Waals surface area (Å²) in [4.78, 5) is 36.2. The summed E-state index contributed by atoms with van der Waals surface area (Å²) in [6, 6.07) is 0. The van der Waals surface area contributed by atoms with Crippen LogP contribution in [0.15, 0.2) is 0 Å². The molecule has 0 aliphatic heterocycles. The van der Waals surface area contributed by atoms with Crippen molar-refractivity contribution in [3.8, 4) is 0 Å². The van der Waals surface area contributed by atoms with Gasteiger partial charge in [0.15, 0.2) is 5.78 Å². The van der Waals surface area contributed by atoms with Crippen LogP contribution >= 0.6 is 12.4 Å². The quantitative estimate of drug-likeness (QED) is 0.554. The number of aliphatic hydroxyl groups is 1. The summed E-state index contributed by atoms with van der Waals surface area (Å²) in [5.41, 5.74) is 0.450. The van der Waals surface area contributed by atoms with Crippen molar-refractivity contribution in [1.29, 1.82) is 0 Å². The average Bonchev–Trinajstić information content (AvgIpc) is 3.15. The molecule has 0 saturated heterocycles. The fourth-order valence-electron chi connectivity index (χ4n) is 8.32. The first-order valence-electron chi connectivity index (χ1n) is 13.2. The van der Waals surface area contributed by atoms with E-state index in [0.717, 1.165) is 63.5 Å². The third-order valence-electron chi connectivity index (χ3n) is 10.3. The predicted octanol–water partition coefficient (Wildman–Crippen LogP) is 4.61. The first kappa shape index (κ1) is 29.3. The van der Waals surface area contributed by atoms with E-state index in [4.69, 9.17) is 5.11 Å². The van der Waals surface area contributed by atoms with Gasteiger partial charge in [0.25, 0.3) is 0 Å². The maximum Gasteiger partial charge on any atom is 0.317 e. The van der Waals surface area contributed by atoms with Gasteiger partial charge in [-0.1, -0.05) is 27.7 Å². The highest BCUT2D eigenvalue weighted by Crippen LogP contribution is 2.67. The van der Waals surface area contributed by atoms with E-state index in [-0.39, 0.29) is 42.7 Å². The minimum Gasteiger partial charge on any atom is -0.480 e. The fraction of sp³-hybridized carbons (Fsp3) is 0.889. The second kappa shape index (κ2) is 11.8. The van der Waals surface area contributed by atoms with Gasteiger partial charge < -0.3 is 10.2 Å². The van der Waals surface area contributed by atoms with E-state index in [1.807, 2.05) is 18.7 Å². The lowest BCUT2D eigenvalue weighted by molar-refractivity contribution is -0.144. The average molecular weight is 500 g/mol. The summed E-state index contributed by atoms with van der Waals surface area (Å²) in [6.45, 7) is 10.2. The number of Topliss-reactive ketones (excluding diaryl/α,β-unsaturated/α-hetero) is 2. The fourth-order valence-corrected chi connectivity index (χ4v) is 8.32. The molecule has 7 heteroatoms. The number of carbonyl (C=O) groups is 3. The van der Waals surface area contributed by atoms with Crippen molar-refractivity contribution in [2.24, 2.45) is 40.4 Å². The second-order valence-electron chi connectivity index (χ2n) is 11.6. The van der Waals surface area contributed by atoms with Gasteiger partial charge in [-0.25, -0.2) is 0 Å². The second-order valence-corrected chi connectivity index (χ2v) is 11.6. The number of aliphatic hydroxyl groups excluding tert-OH is 1. The molecule has 4 aliphatic rings. The van der Waals surface area contributed by atoms with Crippen molar-refractivity contribution in [3.63, 3.8) is 0 Å². The lowest BCUT2D eigenvalue weighted by Crippen LogP contribution is -2.54. The molecule has 2 N–H and O–H groups in total. The summed E-state index contributed by atoms with van der Waals surface area (Å²) in [6.07, 6.45) is 9.61. The van der Waals surface area contributed by atoms with Gasteiger partial charge >= 0.3 is 5.97 Å². The highest BCUT2D eigenvalue weighted by atomic mass is 35.5. The standard InChI is InChI=1S/C21H32O3.C6H13NO2.ClH/c1-20-9-7-14(23)11-13(20)3-4-15-16-5-6-18(19(24)12-22)21(16,2)10-8-17(15)20;1-3-7(4-2)5-6(8)9;/h13,15-18,22H,3-12H2,1-2H3;3-5H2,1-2H3,(H,8,9);1H/t13?,15-,16-,17-,18+,20-,21-;;/m0../s1. The number of aliphatic carboxylic acids is 1. The van der Waals surface area contributed by atoms with Crippen LogP contribution in [0.2, 0.25) is 0 Å². The van der Waals surface area contributed by atoms with Crippen LogP contribution in [0, 0.1) is 40.4 Å². The van der Waals surface area contributed by atoms with Crippen LogP contribution < -0.4 is 0 Å². The van der Waals surface area contributed by atoms with Crippen LogP contribution in [0.5, 0.6) is 0 Å². The molecule has 7 atom stereocenters. The van der Waals surface area contributed by atoms with E-state index in [0.29, 0.717) is 23.0 Å². The van der Waals surface area contributed by atoms with Crippen LogP contribution in [-0.4, -0.2) is 58.9 Å². The molecule has 0 radical (unpaired) electrons. The Balaban J connectivity index is 0.000000352. The number of carboxylic acid groups (broad SMARTS) is 1. The molecule has 4 fully saturated rings. The Labute approximate surface area is 211 Å². The summed E-state index contributed by atoms with van der Waals surface area (Å²) in [5.74, 6) is 2.59.